The smallest absolute Gasteiger partial charge is 0.276 e. The fourth-order valence-corrected chi connectivity index (χ4v) is 6.06. The van der Waals surface area contributed by atoms with E-state index in [1.807, 2.05) is 6.07 Å². The van der Waals surface area contributed by atoms with E-state index in [1.165, 1.54) is 43.7 Å². The lowest BCUT2D eigenvalue weighted by atomic mass is 9.91. The molecule has 0 fully saturated rings. The number of carbonyl (C=O) groups is 1. The maximum Gasteiger partial charge on any atom is 0.276 e. The second-order valence-corrected chi connectivity index (χ2v) is 10.6. The molecule has 11 heteroatoms. The van der Waals surface area contributed by atoms with Crippen molar-refractivity contribution in [2.75, 3.05) is 12.8 Å². The minimum Gasteiger partial charge on any atom is -0.497 e. The van der Waals surface area contributed by atoms with Crippen LogP contribution >= 0.6 is 0 Å². The fraction of sp³-hybridized carbons (Fsp3) is 0.107. The van der Waals surface area contributed by atoms with Crippen LogP contribution in [0.4, 0.5) is 5.69 Å². The van der Waals surface area contributed by atoms with Crippen molar-refractivity contribution in [2.45, 2.75) is 23.1 Å². The number of oxime groups is 1. The fourth-order valence-electron chi connectivity index (χ4n) is 4.41. The summed E-state index contributed by atoms with van der Waals surface area (Å²) < 4.78 is 32.3. The lowest BCUT2D eigenvalue weighted by molar-refractivity contribution is 0.0702. The third-order valence-corrected chi connectivity index (χ3v) is 8.24. The number of amides is 1. The van der Waals surface area contributed by atoms with Gasteiger partial charge in [-0.3, -0.25) is 15.0 Å². The van der Waals surface area contributed by atoms with Gasteiger partial charge in [-0.05, 0) is 65.6 Å². The maximum absolute atomic E-state index is 13.6. The van der Waals surface area contributed by atoms with Gasteiger partial charge in [0, 0.05) is 35.6 Å². The highest BCUT2D eigenvalue weighted by Gasteiger charge is 2.28. The first-order valence-electron chi connectivity index (χ1n) is 11.7. The molecule has 0 aliphatic rings. The zero-order chi connectivity index (χ0) is 28.2. The normalized spacial score (nSPS) is 11.5. The number of aryl methyl sites for hydroxylation is 1. The quantitative estimate of drug-likeness (QED) is 0.0847. The van der Waals surface area contributed by atoms with Gasteiger partial charge in [-0.1, -0.05) is 29.4 Å². The van der Waals surface area contributed by atoms with Crippen LogP contribution < -0.4 is 16.0 Å². The number of methoxy groups -OCH3 is 1. The number of anilines is 1. The van der Waals surface area contributed by atoms with Crippen LogP contribution in [0.5, 0.6) is 5.75 Å². The molecule has 0 bridgehead atoms. The van der Waals surface area contributed by atoms with E-state index in [1.54, 1.807) is 49.1 Å². The Balaban J connectivity index is 1.90. The number of nitrogen functional groups attached to an aromatic ring is 1. The number of nitrogens with one attached hydrogen (secondary N) is 1. The SMILES string of the molecule is COc1ccc(S(=O)(=O)c2c(C)cc(-c3ccc(C=NO)c(Cc4cccnc4)c3N)cc2C(=O)NO)cc1. The van der Waals surface area contributed by atoms with Crippen LogP contribution in [-0.2, 0) is 16.3 Å². The van der Waals surface area contributed by atoms with Gasteiger partial charge in [0.1, 0.15) is 5.75 Å². The van der Waals surface area contributed by atoms with E-state index in [4.69, 9.17) is 15.7 Å². The molecule has 4 rings (SSSR count). The lowest BCUT2D eigenvalue weighted by Gasteiger charge is -2.18. The van der Waals surface area contributed by atoms with Crippen LogP contribution in [0.2, 0.25) is 0 Å². The van der Waals surface area contributed by atoms with Gasteiger partial charge in [0.05, 0.1) is 28.7 Å². The van der Waals surface area contributed by atoms with E-state index in [0.717, 1.165) is 5.56 Å². The molecule has 0 radical (unpaired) electrons. The average molecular weight is 547 g/mol. The van der Waals surface area contributed by atoms with Gasteiger partial charge < -0.3 is 15.7 Å². The van der Waals surface area contributed by atoms with E-state index in [0.29, 0.717) is 40.1 Å². The van der Waals surface area contributed by atoms with Crippen LogP contribution in [0.15, 0.2) is 88.0 Å². The molecular weight excluding hydrogens is 520 g/mol. The van der Waals surface area contributed by atoms with Crippen molar-refractivity contribution >= 4 is 27.6 Å². The van der Waals surface area contributed by atoms with Crippen LogP contribution in [0.1, 0.15) is 32.6 Å². The highest BCUT2D eigenvalue weighted by molar-refractivity contribution is 7.91. The summed E-state index contributed by atoms with van der Waals surface area (Å²) in [5.41, 5.74) is 11.6. The van der Waals surface area contributed by atoms with Crippen LogP contribution in [0, 0.1) is 6.92 Å². The number of ether oxygens (including phenoxy) is 1. The molecule has 0 saturated heterocycles. The number of aromatic nitrogens is 1. The number of pyridine rings is 1. The lowest BCUT2D eigenvalue weighted by Crippen LogP contribution is -2.22. The highest BCUT2D eigenvalue weighted by Crippen LogP contribution is 2.37. The number of hydrogen-bond donors (Lipinski definition) is 4. The van der Waals surface area contributed by atoms with Crippen molar-refractivity contribution in [2.24, 2.45) is 5.16 Å². The molecule has 0 aliphatic heterocycles. The average Bonchev–Trinajstić information content (AvgIpc) is 2.94. The second kappa shape index (κ2) is 11.3. The van der Waals surface area contributed by atoms with Crippen molar-refractivity contribution in [1.29, 1.82) is 0 Å². The Hall–Kier alpha value is -4.74. The first-order valence-corrected chi connectivity index (χ1v) is 13.2. The molecule has 3 aromatic carbocycles. The van der Waals surface area contributed by atoms with Gasteiger partial charge in [-0.15, -0.1) is 0 Å². The molecule has 0 atom stereocenters. The Morgan fingerprint density at radius 1 is 1.15 bits per heavy atom. The minimum atomic E-state index is -4.16. The first kappa shape index (κ1) is 27.3. The van der Waals surface area contributed by atoms with Crippen molar-refractivity contribution in [3.8, 4) is 16.9 Å². The van der Waals surface area contributed by atoms with Crippen LogP contribution in [0.3, 0.4) is 0 Å². The van der Waals surface area contributed by atoms with Crippen molar-refractivity contribution in [3.63, 3.8) is 0 Å². The van der Waals surface area contributed by atoms with Gasteiger partial charge in [-0.25, -0.2) is 13.9 Å². The van der Waals surface area contributed by atoms with Gasteiger partial charge in [0.15, 0.2) is 0 Å². The second-order valence-electron chi connectivity index (χ2n) is 8.67. The van der Waals surface area contributed by atoms with E-state index in [-0.39, 0.29) is 20.9 Å². The van der Waals surface area contributed by atoms with E-state index >= 15 is 0 Å². The Morgan fingerprint density at radius 2 is 1.90 bits per heavy atom. The summed E-state index contributed by atoms with van der Waals surface area (Å²) in [6.07, 6.45) is 4.99. The molecule has 200 valence electrons. The Kier molecular flexibility index (Phi) is 7.93. The van der Waals surface area contributed by atoms with Gasteiger partial charge in [-0.2, -0.15) is 0 Å². The summed E-state index contributed by atoms with van der Waals surface area (Å²) in [6.45, 7) is 1.56. The molecule has 0 saturated carbocycles. The highest BCUT2D eigenvalue weighted by atomic mass is 32.2. The molecular formula is C28H26N4O6S. The Labute approximate surface area is 225 Å². The number of hydrogen-bond acceptors (Lipinski definition) is 9. The molecule has 1 aromatic heterocycles. The molecule has 4 aromatic rings. The molecule has 1 amide bonds. The summed E-state index contributed by atoms with van der Waals surface area (Å²) in [4.78, 5) is 16.6. The molecule has 39 heavy (non-hydrogen) atoms. The topological polar surface area (TPSA) is 164 Å². The number of carbonyl (C=O) groups excluding carboxylic acids is 1. The molecule has 0 aliphatic carbocycles. The molecule has 0 unspecified atom stereocenters. The summed E-state index contributed by atoms with van der Waals surface area (Å²) in [5.74, 6) is -0.521. The van der Waals surface area contributed by atoms with Crippen molar-refractivity contribution in [1.82, 2.24) is 10.5 Å². The summed E-state index contributed by atoms with van der Waals surface area (Å²) in [6, 6.07) is 15.8. The Bertz CT molecular complexity index is 1650. The number of sulfone groups is 1. The van der Waals surface area contributed by atoms with Crippen LogP contribution in [-0.4, -0.2) is 43.0 Å². The summed E-state index contributed by atoms with van der Waals surface area (Å²) >= 11 is 0. The zero-order valence-electron chi connectivity index (χ0n) is 21.1. The van der Waals surface area contributed by atoms with E-state index in [9.17, 15) is 18.4 Å². The standard InChI is InChI=1S/C28H26N4O6S/c1-17-12-20(23-10-5-19(16-31-34)24(26(23)29)13-18-4-3-11-30-15-18)14-25(28(33)32-35)27(17)39(36,37)22-8-6-21(38-2)7-9-22/h3-12,14-16,34-35H,13,29H2,1-2H3,(H,32,33). The Morgan fingerprint density at radius 3 is 2.51 bits per heavy atom. The number of hydroxylamine groups is 1. The van der Waals surface area contributed by atoms with Crippen molar-refractivity contribution in [3.05, 3.63) is 101 Å². The predicted octanol–water partition coefficient (Wildman–Crippen LogP) is 4.00. The van der Waals surface area contributed by atoms with Gasteiger partial charge >= 0.3 is 0 Å². The number of benzene rings is 3. The van der Waals surface area contributed by atoms with E-state index < -0.39 is 15.7 Å². The van der Waals surface area contributed by atoms with E-state index in [2.05, 4.69) is 10.1 Å². The maximum atomic E-state index is 13.6. The molecule has 5 N–H and O–H groups in total. The third kappa shape index (κ3) is 5.44. The van der Waals surface area contributed by atoms with Crippen molar-refractivity contribution < 1.29 is 28.4 Å². The number of nitrogens with zero attached hydrogens (tertiary/aromatic N) is 2. The number of nitrogens with two attached hydrogens (primary N) is 1. The summed E-state index contributed by atoms with van der Waals surface area (Å²) in [7, 11) is -2.70. The minimum absolute atomic E-state index is 0.0444. The third-order valence-electron chi connectivity index (χ3n) is 6.26. The van der Waals surface area contributed by atoms with Crippen LogP contribution in [0.25, 0.3) is 11.1 Å². The largest absolute Gasteiger partial charge is 0.497 e. The summed E-state index contributed by atoms with van der Waals surface area (Å²) in [5, 5.41) is 21.8. The predicted molar refractivity (Wildman–Crippen MR) is 145 cm³/mol. The monoisotopic (exact) mass is 546 g/mol. The molecule has 10 nitrogen and oxygen atoms in total. The van der Waals surface area contributed by atoms with Gasteiger partial charge in [0.2, 0.25) is 9.84 Å². The molecule has 0 spiro atoms. The number of rotatable bonds is 8. The van der Waals surface area contributed by atoms with Gasteiger partial charge in [0.25, 0.3) is 5.91 Å². The molecule has 1 heterocycles. The zero-order valence-corrected chi connectivity index (χ0v) is 21.9. The first-order chi connectivity index (χ1) is 18.7.